The van der Waals surface area contributed by atoms with E-state index >= 15 is 0 Å². The van der Waals surface area contributed by atoms with Crippen molar-refractivity contribution in [2.75, 3.05) is 41.3 Å². The van der Waals surface area contributed by atoms with Crippen molar-refractivity contribution in [1.29, 1.82) is 0 Å². The maximum atomic E-state index is 5.78. The summed E-state index contributed by atoms with van der Waals surface area (Å²) < 4.78 is 0. The van der Waals surface area contributed by atoms with E-state index in [1.807, 2.05) is 0 Å². The van der Waals surface area contributed by atoms with Gasteiger partial charge in [0.05, 0.1) is 0 Å². The largest absolute Gasteiger partial charge is 0.361 e. The van der Waals surface area contributed by atoms with Crippen molar-refractivity contribution in [3.63, 3.8) is 0 Å². The van der Waals surface area contributed by atoms with E-state index < -0.39 is 0 Å². The van der Waals surface area contributed by atoms with Crippen molar-refractivity contribution in [2.24, 2.45) is 5.92 Å². The second-order valence-electron chi connectivity index (χ2n) is 11.3. The summed E-state index contributed by atoms with van der Waals surface area (Å²) >= 11 is 5.78. The molecular weight excluding hydrogens is 464 g/mol. The van der Waals surface area contributed by atoms with Crippen LogP contribution in [-0.2, 0) is 5.41 Å². The molecule has 0 unspecified atom stereocenters. The molecule has 1 aliphatic carbocycles. The SMILES string of the molecule is C[C@@H]1CCCN(c2cc(N3CCCC[C@@H]3C)nc(NC(=S)NCC3(c4ccccc4)CCCC3)n2)C1. The van der Waals surface area contributed by atoms with Gasteiger partial charge in [0.25, 0.3) is 0 Å². The van der Waals surface area contributed by atoms with Gasteiger partial charge in [0.15, 0.2) is 5.11 Å². The van der Waals surface area contributed by atoms with E-state index in [1.165, 1.54) is 63.4 Å². The second kappa shape index (κ2) is 11.3. The van der Waals surface area contributed by atoms with Crippen molar-refractivity contribution < 1.29 is 0 Å². The molecule has 1 saturated carbocycles. The Labute approximate surface area is 222 Å². The average molecular weight is 507 g/mol. The van der Waals surface area contributed by atoms with E-state index in [0.717, 1.165) is 37.8 Å². The van der Waals surface area contributed by atoms with Crippen LogP contribution < -0.4 is 20.4 Å². The van der Waals surface area contributed by atoms with Crippen molar-refractivity contribution in [3.05, 3.63) is 42.0 Å². The maximum absolute atomic E-state index is 5.78. The molecule has 3 aliphatic rings. The zero-order valence-electron chi connectivity index (χ0n) is 22.0. The summed E-state index contributed by atoms with van der Waals surface area (Å²) in [4.78, 5) is 14.8. The summed E-state index contributed by atoms with van der Waals surface area (Å²) in [6.45, 7) is 8.64. The Balaban J connectivity index is 1.33. The van der Waals surface area contributed by atoms with Gasteiger partial charge in [-0.15, -0.1) is 0 Å². The first kappa shape index (κ1) is 25.2. The van der Waals surface area contributed by atoms with Gasteiger partial charge in [-0.2, -0.15) is 9.97 Å². The predicted molar refractivity (Wildman–Crippen MR) is 154 cm³/mol. The number of anilines is 3. The van der Waals surface area contributed by atoms with Gasteiger partial charge in [0.2, 0.25) is 5.95 Å². The van der Waals surface area contributed by atoms with E-state index in [1.54, 1.807) is 0 Å². The molecule has 0 spiro atoms. The van der Waals surface area contributed by atoms with E-state index in [0.29, 0.717) is 23.0 Å². The number of nitrogens with zero attached hydrogens (tertiary/aromatic N) is 4. The monoisotopic (exact) mass is 506 g/mol. The summed E-state index contributed by atoms with van der Waals surface area (Å²) in [5, 5.41) is 7.51. The topological polar surface area (TPSA) is 56.3 Å². The van der Waals surface area contributed by atoms with Crippen molar-refractivity contribution in [1.82, 2.24) is 15.3 Å². The van der Waals surface area contributed by atoms with Crippen LogP contribution >= 0.6 is 12.2 Å². The lowest BCUT2D eigenvalue weighted by atomic mass is 9.79. The highest BCUT2D eigenvalue weighted by Crippen LogP contribution is 2.40. The summed E-state index contributed by atoms with van der Waals surface area (Å²) in [6, 6.07) is 13.6. The molecular formula is C29H42N6S. The molecule has 2 N–H and O–H groups in total. The Morgan fingerprint density at radius 3 is 2.50 bits per heavy atom. The molecule has 2 aliphatic heterocycles. The number of thiocarbonyl (C=S) groups is 1. The molecule has 7 heteroatoms. The molecule has 1 aromatic heterocycles. The van der Waals surface area contributed by atoms with Gasteiger partial charge in [0.1, 0.15) is 11.6 Å². The first-order valence-corrected chi connectivity index (χ1v) is 14.4. The van der Waals surface area contributed by atoms with Crippen LogP contribution in [0.3, 0.4) is 0 Å². The molecule has 0 radical (unpaired) electrons. The van der Waals surface area contributed by atoms with E-state index in [-0.39, 0.29) is 5.41 Å². The van der Waals surface area contributed by atoms with Crippen molar-refractivity contribution in [3.8, 4) is 0 Å². The molecule has 5 rings (SSSR count). The molecule has 36 heavy (non-hydrogen) atoms. The Kier molecular flexibility index (Phi) is 7.94. The predicted octanol–water partition coefficient (Wildman–Crippen LogP) is 5.89. The van der Waals surface area contributed by atoms with E-state index in [2.05, 4.69) is 70.7 Å². The summed E-state index contributed by atoms with van der Waals surface area (Å²) in [5.74, 6) is 3.33. The molecule has 0 amide bonds. The fourth-order valence-electron chi connectivity index (χ4n) is 6.43. The number of hydrogen-bond donors (Lipinski definition) is 2. The highest BCUT2D eigenvalue weighted by molar-refractivity contribution is 7.80. The van der Waals surface area contributed by atoms with Gasteiger partial charge >= 0.3 is 0 Å². The van der Waals surface area contributed by atoms with Crippen LogP contribution in [0.25, 0.3) is 0 Å². The first-order chi connectivity index (χ1) is 17.5. The molecule has 3 fully saturated rings. The summed E-state index contributed by atoms with van der Waals surface area (Å²) in [6.07, 6.45) is 11.2. The van der Waals surface area contributed by atoms with Crippen LogP contribution in [0, 0.1) is 5.92 Å². The van der Waals surface area contributed by atoms with Crippen molar-refractivity contribution >= 4 is 34.9 Å². The number of nitrogens with one attached hydrogen (secondary N) is 2. The lowest BCUT2D eigenvalue weighted by molar-refractivity contribution is 0.435. The number of hydrogen-bond acceptors (Lipinski definition) is 5. The first-order valence-electron chi connectivity index (χ1n) is 14.0. The normalized spacial score (nSPS) is 23.9. The molecule has 0 bridgehead atoms. The minimum Gasteiger partial charge on any atom is -0.361 e. The van der Waals surface area contributed by atoms with Crippen LogP contribution in [0.4, 0.5) is 17.6 Å². The number of benzene rings is 1. The van der Waals surface area contributed by atoms with Gasteiger partial charge in [-0.05, 0) is 75.6 Å². The fraction of sp³-hybridized carbons (Fsp3) is 0.621. The van der Waals surface area contributed by atoms with Crippen LogP contribution in [0.1, 0.15) is 77.2 Å². The highest BCUT2D eigenvalue weighted by Gasteiger charge is 2.35. The van der Waals surface area contributed by atoms with E-state index in [9.17, 15) is 0 Å². The Bertz CT molecular complexity index is 1020. The Morgan fingerprint density at radius 2 is 1.75 bits per heavy atom. The van der Waals surface area contributed by atoms with Crippen molar-refractivity contribution in [2.45, 2.75) is 83.1 Å². The standard InChI is InChI=1S/C29H42N6S/c1-22-11-10-17-34(20-22)25-19-26(35-18-9-6-12-23(35)2)32-27(31-25)33-28(36)30-21-29(15-7-8-16-29)24-13-4-3-5-14-24/h3-5,13-14,19,22-23H,6-12,15-18,20-21H2,1-2H3,(H2,30,31,32,33,36)/t22-,23+/m1/s1. The van der Waals surface area contributed by atoms with Crippen LogP contribution in [0.2, 0.25) is 0 Å². The second-order valence-corrected chi connectivity index (χ2v) is 11.7. The summed E-state index contributed by atoms with van der Waals surface area (Å²) in [7, 11) is 0. The average Bonchev–Trinajstić information content (AvgIpc) is 3.38. The van der Waals surface area contributed by atoms with E-state index in [4.69, 9.17) is 22.2 Å². The smallest absolute Gasteiger partial charge is 0.232 e. The quantitative estimate of drug-likeness (QED) is 0.474. The number of aromatic nitrogens is 2. The lowest BCUT2D eigenvalue weighted by Crippen LogP contribution is -2.41. The van der Waals surface area contributed by atoms with Crippen LogP contribution in [0.5, 0.6) is 0 Å². The zero-order chi connectivity index (χ0) is 25.0. The minimum atomic E-state index is 0.147. The third-order valence-corrected chi connectivity index (χ3v) is 8.78. The van der Waals surface area contributed by atoms with Crippen LogP contribution in [0.15, 0.2) is 36.4 Å². The van der Waals surface area contributed by atoms with Gasteiger partial charge < -0.3 is 20.4 Å². The third-order valence-electron chi connectivity index (χ3n) is 8.54. The van der Waals surface area contributed by atoms with Gasteiger partial charge in [-0.3, -0.25) is 0 Å². The molecule has 1 aromatic carbocycles. The molecule has 2 aromatic rings. The highest BCUT2D eigenvalue weighted by atomic mass is 32.1. The molecule has 194 valence electrons. The molecule has 3 heterocycles. The zero-order valence-corrected chi connectivity index (χ0v) is 22.8. The van der Waals surface area contributed by atoms with Gasteiger partial charge in [-0.1, -0.05) is 50.1 Å². The molecule has 2 saturated heterocycles. The Hall–Kier alpha value is -2.41. The fourth-order valence-corrected chi connectivity index (χ4v) is 6.59. The number of rotatable bonds is 6. The van der Waals surface area contributed by atoms with Gasteiger partial charge in [0, 0.05) is 43.7 Å². The molecule has 6 nitrogen and oxygen atoms in total. The maximum Gasteiger partial charge on any atom is 0.232 e. The third kappa shape index (κ3) is 5.77. The number of piperidine rings is 2. The minimum absolute atomic E-state index is 0.147. The lowest BCUT2D eigenvalue weighted by Gasteiger charge is -2.36. The summed E-state index contributed by atoms with van der Waals surface area (Å²) in [5.41, 5.74) is 1.56. The van der Waals surface area contributed by atoms with Crippen LogP contribution in [-0.4, -0.2) is 47.3 Å². The van der Waals surface area contributed by atoms with Gasteiger partial charge in [-0.25, -0.2) is 0 Å². The molecule has 2 atom stereocenters. The Morgan fingerprint density at radius 1 is 0.972 bits per heavy atom.